The molecule has 0 spiro atoms. The van der Waals surface area contributed by atoms with Gasteiger partial charge in [0.2, 0.25) is 0 Å². The third-order valence-electron chi connectivity index (χ3n) is 2.71. The molecule has 0 aliphatic heterocycles. The number of nitrogens with zero attached hydrogens (tertiary/aromatic N) is 2. The van der Waals surface area contributed by atoms with Crippen LogP contribution in [0.2, 0.25) is 0 Å². The SMILES string of the molecule is CCCc1cc(NC(=O)Nc2cccc([N+](=O)[O-])c2)n[nH]1. The zero-order valence-electron chi connectivity index (χ0n) is 11.4. The number of anilines is 2. The monoisotopic (exact) mass is 289 g/mol. The second-order valence-corrected chi connectivity index (χ2v) is 4.41. The van der Waals surface area contributed by atoms with E-state index in [1.807, 2.05) is 6.92 Å². The van der Waals surface area contributed by atoms with Crippen molar-refractivity contribution in [3.8, 4) is 0 Å². The van der Waals surface area contributed by atoms with Crippen molar-refractivity contribution in [1.29, 1.82) is 0 Å². The summed E-state index contributed by atoms with van der Waals surface area (Å²) in [4.78, 5) is 21.9. The smallest absolute Gasteiger partial charge is 0.307 e. The molecule has 0 aliphatic rings. The first-order chi connectivity index (χ1) is 10.1. The van der Waals surface area contributed by atoms with Gasteiger partial charge in [-0.3, -0.25) is 20.5 Å². The molecule has 2 rings (SSSR count). The van der Waals surface area contributed by atoms with Crippen LogP contribution in [-0.4, -0.2) is 21.2 Å². The highest BCUT2D eigenvalue weighted by molar-refractivity contribution is 5.99. The molecule has 0 atom stereocenters. The maximum atomic E-state index is 11.8. The summed E-state index contributed by atoms with van der Waals surface area (Å²) >= 11 is 0. The number of rotatable bonds is 5. The number of nitro benzene ring substituents is 1. The molecule has 0 saturated heterocycles. The number of aromatic nitrogens is 2. The third kappa shape index (κ3) is 4.03. The number of hydrogen-bond acceptors (Lipinski definition) is 4. The Balaban J connectivity index is 1.97. The van der Waals surface area contributed by atoms with Gasteiger partial charge >= 0.3 is 6.03 Å². The zero-order chi connectivity index (χ0) is 15.2. The van der Waals surface area contributed by atoms with Crippen molar-refractivity contribution in [1.82, 2.24) is 10.2 Å². The Hall–Kier alpha value is -2.90. The van der Waals surface area contributed by atoms with Gasteiger partial charge < -0.3 is 5.32 Å². The van der Waals surface area contributed by atoms with Crippen LogP contribution < -0.4 is 10.6 Å². The molecule has 0 aliphatic carbocycles. The molecule has 1 aromatic carbocycles. The summed E-state index contributed by atoms with van der Waals surface area (Å²) in [5.41, 5.74) is 1.19. The summed E-state index contributed by atoms with van der Waals surface area (Å²) in [6, 6.07) is 6.95. The van der Waals surface area contributed by atoms with Gasteiger partial charge in [-0.25, -0.2) is 4.79 Å². The standard InChI is InChI=1S/C13H15N5O3/c1-2-4-10-8-12(17-16-10)15-13(19)14-9-5-3-6-11(7-9)18(20)21/h3,5-8H,2,4H2,1H3,(H3,14,15,16,17,19). The lowest BCUT2D eigenvalue weighted by Crippen LogP contribution is -2.19. The molecular formula is C13H15N5O3. The minimum Gasteiger partial charge on any atom is -0.307 e. The maximum Gasteiger partial charge on any atom is 0.324 e. The number of amides is 2. The fourth-order valence-corrected chi connectivity index (χ4v) is 1.80. The van der Waals surface area contributed by atoms with E-state index in [0.717, 1.165) is 18.5 Å². The van der Waals surface area contributed by atoms with Crippen molar-refractivity contribution in [2.24, 2.45) is 0 Å². The van der Waals surface area contributed by atoms with Crippen molar-refractivity contribution >= 4 is 23.2 Å². The Kier molecular flexibility index (Phi) is 4.50. The molecule has 1 aromatic heterocycles. The quantitative estimate of drug-likeness (QED) is 0.580. The molecule has 0 bridgehead atoms. The molecule has 0 saturated carbocycles. The Labute approximate surface area is 120 Å². The molecule has 2 amide bonds. The second-order valence-electron chi connectivity index (χ2n) is 4.41. The lowest BCUT2D eigenvalue weighted by molar-refractivity contribution is -0.384. The van der Waals surface area contributed by atoms with E-state index in [1.165, 1.54) is 18.2 Å². The van der Waals surface area contributed by atoms with Gasteiger partial charge in [0.15, 0.2) is 5.82 Å². The second kappa shape index (κ2) is 6.51. The summed E-state index contributed by atoms with van der Waals surface area (Å²) in [5, 5.41) is 22.5. The van der Waals surface area contributed by atoms with Crippen LogP contribution in [0, 0.1) is 10.1 Å². The fourth-order valence-electron chi connectivity index (χ4n) is 1.80. The maximum absolute atomic E-state index is 11.8. The van der Waals surface area contributed by atoms with Crippen molar-refractivity contribution in [3.63, 3.8) is 0 Å². The van der Waals surface area contributed by atoms with Crippen LogP contribution in [-0.2, 0) is 6.42 Å². The fraction of sp³-hybridized carbons (Fsp3) is 0.231. The molecule has 21 heavy (non-hydrogen) atoms. The topological polar surface area (TPSA) is 113 Å². The number of aryl methyl sites for hydroxylation is 1. The van der Waals surface area contributed by atoms with Gasteiger partial charge in [-0.05, 0) is 12.5 Å². The van der Waals surface area contributed by atoms with E-state index in [0.29, 0.717) is 11.5 Å². The van der Waals surface area contributed by atoms with E-state index >= 15 is 0 Å². The minimum atomic E-state index is -0.520. The van der Waals surface area contributed by atoms with Gasteiger partial charge in [0.05, 0.1) is 4.92 Å². The van der Waals surface area contributed by atoms with E-state index in [4.69, 9.17) is 0 Å². The predicted molar refractivity (Wildman–Crippen MR) is 78.3 cm³/mol. The number of H-pyrrole nitrogens is 1. The van der Waals surface area contributed by atoms with Gasteiger partial charge in [-0.1, -0.05) is 19.4 Å². The van der Waals surface area contributed by atoms with E-state index < -0.39 is 11.0 Å². The van der Waals surface area contributed by atoms with Gasteiger partial charge in [-0.15, -0.1) is 0 Å². The largest absolute Gasteiger partial charge is 0.324 e. The average molecular weight is 289 g/mol. The molecule has 0 unspecified atom stereocenters. The molecule has 8 heteroatoms. The van der Waals surface area contributed by atoms with Crippen LogP contribution in [0.15, 0.2) is 30.3 Å². The van der Waals surface area contributed by atoms with Crippen molar-refractivity contribution in [3.05, 3.63) is 46.1 Å². The number of non-ortho nitro benzene ring substituents is 1. The van der Waals surface area contributed by atoms with Gasteiger partial charge in [0.1, 0.15) is 0 Å². The Bertz CT molecular complexity index is 653. The number of nitro groups is 1. The molecule has 0 fully saturated rings. The number of benzene rings is 1. The summed E-state index contributed by atoms with van der Waals surface area (Å²) in [6.07, 6.45) is 1.82. The Morgan fingerprint density at radius 1 is 1.38 bits per heavy atom. The molecule has 2 aromatic rings. The van der Waals surface area contributed by atoms with Gasteiger partial charge in [0, 0.05) is 29.6 Å². The van der Waals surface area contributed by atoms with E-state index in [9.17, 15) is 14.9 Å². The third-order valence-corrected chi connectivity index (χ3v) is 2.71. The van der Waals surface area contributed by atoms with Crippen LogP contribution >= 0.6 is 0 Å². The lowest BCUT2D eigenvalue weighted by Gasteiger charge is -2.04. The molecule has 8 nitrogen and oxygen atoms in total. The molecule has 3 N–H and O–H groups in total. The lowest BCUT2D eigenvalue weighted by atomic mass is 10.2. The first-order valence-corrected chi connectivity index (χ1v) is 6.45. The zero-order valence-corrected chi connectivity index (χ0v) is 11.4. The van der Waals surface area contributed by atoms with Crippen molar-refractivity contribution in [2.45, 2.75) is 19.8 Å². The number of hydrogen-bond donors (Lipinski definition) is 3. The highest BCUT2D eigenvalue weighted by Gasteiger charge is 2.09. The molecule has 110 valence electrons. The summed E-state index contributed by atoms with van der Waals surface area (Å²) in [6.45, 7) is 2.04. The average Bonchev–Trinajstić information content (AvgIpc) is 2.86. The number of urea groups is 1. The first-order valence-electron chi connectivity index (χ1n) is 6.45. The summed E-state index contributed by atoms with van der Waals surface area (Å²) in [5.74, 6) is 0.404. The van der Waals surface area contributed by atoms with E-state index in [1.54, 1.807) is 12.1 Å². The van der Waals surface area contributed by atoms with Gasteiger partial charge in [-0.2, -0.15) is 5.10 Å². The first kappa shape index (κ1) is 14.5. The highest BCUT2D eigenvalue weighted by Crippen LogP contribution is 2.17. The van der Waals surface area contributed by atoms with Crippen molar-refractivity contribution in [2.75, 3.05) is 10.6 Å². The molecule has 1 heterocycles. The van der Waals surface area contributed by atoms with E-state index in [-0.39, 0.29) is 5.69 Å². The van der Waals surface area contributed by atoms with Crippen LogP contribution in [0.3, 0.4) is 0 Å². The molecule has 0 radical (unpaired) electrons. The van der Waals surface area contributed by atoms with Crippen LogP contribution in [0.1, 0.15) is 19.0 Å². The van der Waals surface area contributed by atoms with Crippen LogP contribution in [0.5, 0.6) is 0 Å². The van der Waals surface area contributed by atoms with Crippen molar-refractivity contribution < 1.29 is 9.72 Å². The summed E-state index contributed by atoms with van der Waals surface area (Å²) < 4.78 is 0. The number of carbonyl (C=O) groups excluding carboxylic acids is 1. The van der Waals surface area contributed by atoms with Crippen LogP contribution in [0.4, 0.5) is 22.0 Å². The number of carbonyl (C=O) groups is 1. The van der Waals surface area contributed by atoms with Crippen LogP contribution in [0.25, 0.3) is 0 Å². The number of nitrogens with one attached hydrogen (secondary N) is 3. The predicted octanol–water partition coefficient (Wildman–Crippen LogP) is 2.91. The summed E-state index contributed by atoms with van der Waals surface area (Å²) in [7, 11) is 0. The van der Waals surface area contributed by atoms with E-state index in [2.05, 4.69) is 20.8 Å². The highest BCUT2D eigenvalue weighted by atomic mass is 16.6. The Morgan fingerprint density at radius 3 is 2.90 bits per heavy atom. The Morgan fingerprint density at radius 2 is 2.19 bits per heavy atom. The minimum absolute atomic E-state index is 0.0854. The number of aromatic amines is 1. The van der Waals surface area contributed by atoms with Gasteiger partial charge in [0.25, 0.3) is 5.69 Å². The normalized spacial score (nSPS) is 10.1. The molecular weight excluding hydrogens is 274 g/mol.